The van der Waals surface area contributed by atoms with Gasteiger partial charge in [-0.25, -0.2) is 4.39 Å². The monoisotopic (exact) mass is 399 g/mol. The normalized spacial score (nSPS) is 12.2. The van der Waals surface area contributed by atoms with E-state index in [1.165, 1.54) is 28.9 Å². The Labute approximate surface area is 162 Å². The maximum Gasteiger partial charge on any atom is 0.278 e. The molecule has 0 N–H and O–H groups in total. The maximum absolute atomic E-state index is 13.0. The fraction of sp³-hybridized carbons (Fsp3) is 0.167. The largest absolute Gasteiger partial charge is 0.481 e. The van der Waals surface area contributed by atoms with Crippen molar-refractivity contribution in [3.63, 3.8) is 0 Å². The molecular weight excluding hydrogens is 385 g/mol. The second kappa shape index (κ2) is 7.77. The van der Waals surface area contributed by atoms with E-state index in [-0.39, 0.29) is 28.4 Å². The Balaban J connectivity index is 1.43. The lowest BCUT2D eigenvalue weighted by Gasteiger charge is -2.10. The van der Waals surface area contributed by atoms with Crippen molar-refractivity contribution in [1.29, 1.82) is 0 Å². The summed E-state index contributed by atoms with van der Waals surface area (Å²) in [7, 11) is 0. The Kier molecular flexibility index (Phi) is 5.02. The van der Waals surface area contributed by atoms with Crippen LogP contribution in [-0.4, -0.2) is 25.2 Å². The highest BCUT2D eigenvalue weighted by Gasteiger charge is 2.16. The third kappa shape index (κ3) is 3.86. The lowest BCUT2D eigenvalue weighted by atomic mass is 10.2. The average Bonchev–Trinajstić information content (AvgIpc) is 3.19. The second-order valence-corrected chi connectivity index (χ2v) is 6.70. The van der Waals surface area contributed by atoms with Gasteiger partial charge in [0.05, 0.1) is 5.39 Å². The second-order valence-electron chi connectivity index (χ2n) is 5.80. The number of benzene rings is 2. The number of hydrogen-bond donors (Lipinski definition) is 0. The summed E-state index contributed by atoms with van der Waals surface area (Å²) in [4.78, 5) is 12.4. The lowest BCUT2D eigenvalue weighted by Crippen LogP contribution is -2.23. The fourth-order valence-corrected chi connectivity index (χ4v) is 3.08. The summed E-state index contributed by atoms with van der Waals surface area (Å²) >= 11 is 1.16. The third-order valence-corrected chi connectivity index (χ3v) is 4.62. The summed E-state index contributed by atoms with van der Waals surface area (Å²) in [5.41, 5.74) is 0.298. The van der Waals surface area contributed by atoms with Crippen LogP contribution in [0.3, 0.4) is 0 Å². The zero-order valence-corrected chi connectivity index (χ0v) is 15.5. The number of halogens is 1. The van der Waals surface area contributed by atoms with Crippen molar-refractivity contribution in [2.24, 2.45) is 0 Å². The van der Waals surface area contributed by atoms with Crippen LogP contribution in [-0.2, 0) is 5.88 Å². The van der Waals surface area contributed by atoms with Gasteiger partial charge in [-0.05, 0) is 55.1 Å². The molecule has 0 aliphatic carbocycles. The van der Waals surface area contributed by atoms with E-state index >= 15 is 0 Å². The molecule has 142 valence electrons. The molecule has 2 aromatic carbocycles. The smallest absolute Gasteiger partial charge is 0.278 e. The summed E-state index contributed by atoms with van der Waals surface area (Å²) in [6, 6.07) is 12.6. The van der Waals surface area contributed by atoms with Crippen molar-refractivity contribution in [1.82, 2.24) is 25.2 Å². The average molecular weight is 399 g/mol. The molecule has 10 heteroatoms. The molecule has 0 unspecified atom stereocenters. The molecule has 4 rings (SSSR count). The molecule has 0 saturated carbocycles. The summed E-state index contributed by atoms with van der Waals surface area (Å²) in [5.74, 6) is 0.581. The van der Waals surface area contributed by atoms with Crippen LogP contribution in [0.25, 0.3) is 10.9 Å². The summed E-state index contributed by atoms with van der Waals surface area (Å²) in [5, 5.41) is 16.6. The Morgan fingerprint density at radius 1 is 1.14 bits per heavy atom. The highest BCUT2D eigenvalue weighted by atomic mass is 32.2. The van der Waals surface area contributed by atoms with Crippen LogP contribution in [0.4, 0.5) is 4.39 Å². The van der Waals surface area contributed by atoms with Gasteiger partial charge in [-0.2, -0.15) is 4.68 Å². The molecule has 0 amide bonds. The molecule has 0 fully saturated rings. The first-order chi connectivity index (χ1) is 13.6. The highest BCUT2D eigenvalue weighted by Crippen LogP contribution is 2.24. The van der Waals surface area contributed by atoms with Gasteiger partial charge in [0, 0.05) is 0 Å². The van der Waals surface area contributed by atoms with Crippen LogP contribution in [0.2, 0.25) is 0 Å². The van der Waals surface area contributed by atoms with Crippen molar-refractivity contribution < 1.29 is 13.5 Å². The van der Waals surface area contributed by atoms with Crippen molar-refractivity contribution in [2.75, 3.05) is 0 Å². The highest BCUT2D eigenvalue weighted by molar-refractivity contribution is 7.98. The van der Waals surface area contributed by atoms with Crippen molar-refractivity contribution >= 4 is 22.7 Å². The summed E-state index contributed by atoms with van der Waals surface area (Å²) in [6.07, 6.45) is -0.518. The van der Waals surface area contributed by atoms with Gasteiger partial charge in [0.15, 0.2) is 6.10 Å². The molecule has 2 heterocycles. The molecule has 0 spiro atoms. The molecule has 0 aliphatic heterocycles. The number of hydrogen-bond acceptors (Lipinski definition) is 8. The Hall–Kier alpha value is -3.27. The van der Waals surface area contributed by atoms with Crippen LogP contribution >= 0.6 is 11.8 Å². The van der Waals surface area contributed by atoms with Crippen LogP contribution in [0.1, 0.15) is 18.9 Å². The first-order valence-corrected chi connectivity index (χ1v) is 9.29. The Bertz CT molecular complexity index is 1160. The molecule has 4 aromatic rings. The van der Waals surface area contributed by atoms with E-state index in [9.17, 15) is 9.18 Å². The standard InChI is InChI=1S/C18H14FN5O3S/c1-11(26-13-8-6-12(19)7-9-13)16-21-22-18(27-16)28-10-24-17(25)14-4-2-3-5-15(14)20-23-24/h2-9,11H,10H2,1H3/t11-/m1/s1. The van der Waals surface area contributed by atoms with Gasteiger partial charge in [-0.3, -0.25) is 4.79 Å². The van der Waals surface area contributed by atoms with Gasteiger partial charge in [0.25, 0.3) is 16.7 Å². The molecular formula is C18H14FN5O3S. The molecule has 8 nitrogen and oxygen atoms in total. The van der Waals surface area contributed by atoms with Crippen LogP contribution in [0.15, 0.2) is 63.0 Å². The third-order valence-electron chi connectivity index (χ3n) is 3.84. The van der Waals surface area contributed by atoms with Crippen molar-refractivity contribution in [2.45, 2.75) is 24.1 Å². The summed E-state index contributed by atoms with van der Waals surface area (Å²) < 4.78 is 25.4. The molecule has 2 aromatic heterocycles. The first kappa shape index (κ1) is 18.1. The number of ether oxygens (including phenoxy) is 1. The predicted molar refractivity (Wildman–Crippen MR) is 99.4 cm³/mol. The minimum Gasteiger partial charge on any atom is -0.481 e. The number of rotatable bonds is 6. The number of fused-ring (bicyclic) bond motifs is 1. The van der Waals surface area contributed by atoms with Crippen LogP contribution in [0, 0.1) is 5.82 Å². The topological polar surface area (TPSA) is 95.9 Å². The van der Waals surface area contributed by atoms with Gasteiger partial charge in [-0.15, -0.1) is 15.3 Å². The van der Waals surface area contributed by atoms with Crippen LogP contribution < -0.4 is 10.3 Å². The van der Waals surface area contributed by atoms with Crippen molar-refractivity contribution in [3.05, 3.63) is 70.6 Å². The number of thioether (sulfide) groups is 1. The van der Waals surface area contributed by atoms with Crippen LogP contribution in [0.5, 0.6) is 5.75 Å². The molecule has 0 bridgehead atoms. The predicted octanol–water partition coefficient (Wildman–Crippen LogP) is 3.20. The van der Waals surface area contributed by atoms with E-state index in [4.69, 9.17) is 9.15 Å². The zero-order valence-electron chi connectivity index (χ0n) is 14.7. The molecule has 0 saturated heterocycles. The number of nitrogens with zero attached hydrogens (tertiary/aromatic N) is 5. The van der Waals surface area contributed by atoms with Crippen molar-refractivity contribution in [3.8, 4) is 5.75 Å². The molecule has 0 radical (unpaired) electrons. The van der Waals surface area contributed by atoms with Gasteiger partial charge in [-0.1, -0.05) is 17.3 Å². The summed E-state index contributed by atoms with van der Waals surface area (Å²) in [6.45, 7) is 1.74. The SMILES string of the molecule is C[C@@H](Oc1ccc(F)cc1)c1nnc(SCn2nnc3ccccc3c2=O)o1. The molecule has 28 heavy (non-hydrogen) atoms. The minimum absolute atomic E-state index is 0.172. The lowest BCUT2D eigenvalue weighted by molar-refractivity contribution is 0.181. The van der Waals surface area contributed by atoms with E-state index in [1.54, 1.807) is 31.2 Å². The van der Waals surface area contributed by atoms with Gasteiger partial charge in [0.2, 0.25) is 0 Å². The quantitative estimate of drug-likeness (QED) is 0.456. The fourth-order valence-electron chi connectivity index (χ4n) is 2.44. The Morgan fingerprint density at radius 3 is 2.75 bits per heavy atom. The first-order valence-electron chi connectivity index (χ1n) is 8.31. The van der Waals surface area contributed by atoms with Gasteiger partial charge < -0.3 is 9.15 Å². The molecule has 1 atom stereocenters. The minimum atomic E-state index is -0.518. The number of aromatic nitrogens is 5. The molecule has 0 aliphatic rings. The van der Waals surface area contributed by atoms with E-state index in [2.05, 4.69) is 20.5 Å². The van der Waals surface area contributed by atoms with E-state index in [1.807, 2.05) is 0 Å². The maximum atomic E-state index is 13.0. The van der Waals surface area contributed by atoms with Gasteiger partial charge >= 0.3 is 0 Å². The zero-order chi connectivity index (χ0) is 19.5. The van der Waals surface area contributed by atoms with E-state index < -0.39 is 6.10 Å². The van der Waals surface area contributed by atoms with E-state index in [0.29, 0.717) is 16.7 Å². The van der Waals surface area contributed by atoms with Gasteiger partial charge in [0.1, 0.15) is 23.0 Å². The van der Waals surface area contributed by atoms with E-state index in [0.717, 1.165) is 11.8 Å². The Morgan fingerprint density at radius 2 is 1.93 bits per heavy atom.